The van der Waals surface area contributed by atoms with Crippen molar-refractivity contribution in [3.63, 3.8) is 0 Å². The summed E-state index contributed by atoms with van der Waals surface area (Å²) < 4.78 is 4.13. The number of rotatable bonds is 2. The van der Waals surface area contributed by atoms with Gasteiger partial charge in [0.05, 0.1) is 5.39 Å². The Balaban J connectivity index is 1.90. The number of aromatic nitrogens is 4. The maximum atomic E-state index is 13.6. The minimum absolute atomic E-state index is 0.175. The summed E-state index contributed by atoms with van der Waals surface area (Å²) in [4.78, 5) is 16.0. The topological polar surface area (TPSA) is 52.2 Å². The van der Waals surface area contributed by atoms with Crippen LogP contribution in [0.5, 0.6) is 0 Å². The molecule has 5 rings (SSSR count). The lowest BCUT2D eigenvalue weighted by Crippen LogP contribution is -2.29. The maximum Gasteiger partial charge on any atom is 0.264 e. The number of thiophene rings is 1. The summed E-state index contributed by atoms with van der Waals surface area (Å²) in [7, 11) is 0. The van der Waals surface area contributed by atoms with Crippen molar-refractivity contribution in [1.29, 1.82) is 0 Å². The molecule has 2 aliphatic rings. The molecule has 0 aromatic carbocycles. The second-order valence-corrected chi connectivity index (χ2v) is 9.04. The summed E-state index contributed by atoms with van der Waals surface area (Å²) >= 11 is 3.40. The molecule has 25 heavy (non-hydrogen) atoms. The Morgan fingerprint density at radius 3 is 2.68 bits per heavy atom. The second-order valence-electron chi connectivity index (χ2n) is 7.18. The van der Waals surface area contributed by atoms with E-state index < -0.39 is 0 Å². The molecular formula is C18H22N4OS2. The van der Waals surface area contributed by atoms with Crippen LogP contribution in [0.2, 0.25) is 0 Å². The van der Waals surface area contributed by atoms with Crippen molar-refractivity contribution in [3.05, 3.63) is 20.8 Å². The van der Waals surface area contributed by atoms with E-state index in [-0.39, 0.29) is 11.6 Å². The molecule has 0 amide bonds. The smallest absolute Gasteiger partial charge is 0.264 e. The molecule has 0 unspecified atom stereocenters. The highest BCUT2D eigenvalue weighted by Gasteiger charge is 2.27. The predicted octanol–water partition coefficient (Wildman–Crippen LogP) is 4.21. The van der Waals surface area contributed by atoms with Crippen LogP contribution in [0.3, 0.4) is 0 Å². The van der Waals surface area contributed by atoms with Gasteiger partial charge in [0.1, 0.15) is 4.83 Å². The zero-order valence-electron chi connectivity index (χ0n) is 14.5. The first kappa shape index (κ1) is 15.9. The van der Waals surface area contributed by atoms with E-state index in [2.05, 4.69) is 14.6 Å². The molecule has 132 valence electrons. The van der Waals surface area contributed by atoms with E-state index >= 15 is 0 Å². The molecule has 1 saturated carbocycles. The fourth-order valence-corrected chi connectivity index (χ4v) is 6.45. The van der Waals surface area contributed by atoms with Gasteiger partial charge < -0.3 is 0 Å². The predicted molar refractivity (Wildman–Crippen MR) is 103 cm³/mol. The third kappa shape index (κ3) is 2.31. The molecule has 2 aliphatic carbocycles. The maximum absolute atomic E-state index is 13.6. The van der Waals surface area contributed by atoms with Crippen LogP contribution in [-0.2, 0) is 12.8 Å². The number of aryl methyl sites for hydroxylation is 2. The minimum Gasteiger partial charge on any atom is -0.273 e. The van der Waals surface area contributed by atoms with Crippen LogP contribution >= 0.6 is 23.1 Å². The van der Waals surface area contributed by atoms with Gasteiger partial charge in [-0.25, -0.2) is 4.40 Å². The summed E-state index contributed by atoms with van der Waals surface area (Å²) in [6.07, 6.45) is 12.4. The third-order valence-corrected chi connectivity index (χ3v) is 7.65. The van der Waals surface area contributed by atoms with E-state index in [1.807, 2.05) is 10.8 Å². The van der Waals surface area contributed by atoms with Gasteiger partial charge in [0.15, 0.2) is 5.16 Å². The number of hydrogen-bond acceptors (Lipinski definition) is 5. The fraction of sp³-hybridized carbons (Fsp3) is 0.611. The van der Waals surface area contributed by atoms with Crippen molar-refractivity contribution in [2.75, 3.05) is 6.26 Å². The van der Waals surface area contributed by atoms with Gasteiger partial charge >= 0.3 is 0 Å². The summed E-state index contributed by atoms with van der Waals surface area (Å²) in [6.45, 7) is 0. The largest absolute Gasteiger partial charge is 0.273 e. The van der Waals surface area contributed by atoms with E-state index in [1.54, 1.807) is 23.1 Å². The van der Waals surface area contributed by atoms with E-state index in [0.717, 1.165) is 46.8 Å². The van der Waals surface area contributed by atoms with Gasteiger partial charge in [-0.15, -0.1) is 21.5 Å². The van der Waals surface area contributed by atoms with Gasteiger partial charge in [-0.3, -0.25) is 9.36 Å². The van der Waals surface area contributed by atoms with E-state index in [9.17, 15) is 4.79 Å². The highest BCUT2D eigenvalue weighted by atomic mass is 32.2. The Morgan fingerprint density at radius 2 is 1.88 bits per heavy atom. The van der Waals surface area contributed by atoms with E-state index in [0.29, 0.717) is 0 Å². The van der Waals surface area contributed by atoms with Crippen LogP contribution in [0.25, 0.3) is 16.0 Å². The summed E-state index contributed by atoms with van der Waals surface area (Å²) in [5.74, 6) is 0.743. The first-order chi connectivity index (χ1) is 12.3. The van der Waals surface area contributed by atoms with Crippen LogP contribution in [0.1, 0.15) is 61.4 Å². The monoisotopic (exact) mass is 374 g/mol. The molecule has 3 aromatic rings. The summed E-state index contributed by atoms with van der Waals surface area (Å²) in [6, 6.07) is 0.270. The van der Waals surface area contributed by atoms with Crippen LogP contribution in [0.15, 0.2) is 9.95 Å². The van der Waals surface area contributed by atoms with Gasteiger partial charge in [-0.1, -0.05) is 31.0 Å². The number of hydrogen-bond donors (Lipinski definition) is 0. The molecule has 1 fully saturated rings. The number of nitrogens with zero attached hydrogens (tertiary/aromatic N) is 4. The van der Waals surface area contributed by atoms with Crippen molar-refractivity contribution < 1.29 is 0 Å². The molecule has 0 spiro atoms. The molecule has 5 nitrogen and oxygen atoms in total. The van der Waals surface area contributed by atoms with Crippen LogP contribution in [0.4, 0.5) is 0 Å². The zero-order chi connectivity index (χ0) is 17.0. The Morgan fingerprint density at radius 1 is 1.08 bits per heavy atom. The van der Waals surface area contributed by atoms with Gasteiger partial charge in [-0.2, -0.15) is 0 Å². The van der Waals surface area contributed by atoms with Crippen molar-refractivity contribution >= 4 is 39.1 Å². The van der Waals surface area contributed by atoms with Crippen LogP contribution in [-0.4, -0.2) is 25.4 Å². The van der Waals surface area contributed by atoms with Crippen LogP contribution < -0.4 is 5.56 Å². The molecule has 0 saturated heterocycles. The highest BCUT2D eigenvalue weighted by Crippen LogP contribution is 2.37. The molecule has 0 N–H and O–H groups in total. The molecule has 0 bridgehead atoms. The Kier molecular flexibility index (Phi) is 3.89. The molecule has 0 atom stereocenters. The summed E-state index contributed by atoms with van der Waals surface area (Å²) in [5, 5.41) is 10.7. The molecular weight excluding hydrogens is 352 g/mol. The molecule has 3 heterocycles. The van der Waals surface area contributed by atoms with Gasteiger partial charge in [0.2, 0.25) is 5.78 Å². The number of thioether (sulfide) groups is 1. The third-order valence-electron chi connectivity index (χ3n) is 5.74. The minimum atomic E-state index is 0.175. The lowest BCUT2D eigenvalue weighted by atomic mass is 9.94. The fourth-order valence-electron chi connectivity index (χ4n) is 4.54. The van der Waals surface area contributed by atoms with Gasteiger partial charge in [-0.05, 0) is 50.3 Å². The van der Waals surface area contributed by atoms with Crippen molar-refractivity contribution in [2.24, 2.45) is 0 Å². The quantitative estimate of drug-likeness (QED) is 0.631. The van der Waals surface area contributed by atoms with Crippen molar-refractivity contribution in [2.45, 2.75) is 69.0 Å². The number of fused-ring (bicyclic) bond motifs is 5. The highest BCUT2D eigenvalue weighted by molar-refractivity contribution is 7.98. The van der Waals surface area contributed by atoms with Crippen molar-refractivity contribution in [1.82, 2.24) is 19.2 Å². The molecule has 0 radical (unpaired) electrons. The molecule has 3 aromatic heterocycles. The Labute approximate surface area is 154 Å². The Bertz CT molecular complexity index is 1010. The zero-order valence-corrected chi connectivity index (χ0v) is 16.1. The van der Waals surface area contributed by atoms with Crippen molar-refractivity contribution in [3.8, 4) is 0 Å². The average molecular weight is 375 g/mol. The lowest BCUT2D eigenvalue weighted by molar-refractivity contribution is 0.351. The average Bonchev–Trinajstić information content (AvgIpc) is 3.24. The van der Waals surface area contributed by atoms with Crippen LogP contribution in [0, 0.1) is 0 Å². The van der Waals surface area contributed by atoms with E-state index in [4.69, 9.17) is 0 Å². The second kappa shape index (κ2) is 6.13. The van der Waals surface area contributed by atoms with E-state index in [1.165, 1.54) is 42.5 Å². The SMILES string of the molecule is CSc1nnc2n(C3CCCCC3)c(=O)c3c4c(sc3n12)CCCC4. The Hall–Kier alpha value is -1.34. The first-order valence-electron chi connectivity index (χ1n) is 9.27. The standard InChI is InChI=1S/C18H22N4OS2/c1-24-18-20-19-17-21(11-7-3-2-4-8-11)15(23)14-12-9-5-6-10-13(12)25-16(14)22(17)18/h11H,2-10H2,1H3. The summed E-state index contributed by atoms with van der Waals surface area (Å²) in [5.41, 5.74) is 1.48. The first-order valence-corrected chi connectivity index (χ1v) is 11.3. The molecule has 7 heteroatoms. The van der Waals surface area contributed by atoms with Gasteiger partial charge in [0.25, 0.3) is 5.56 Å². The molecule has 0 aliphatic heterocycles. The lowest BCUT2D eigenvalue weighted by Gasteiger charge is -2.24. The normalized spacial score (nSPS) is 18.9. The van der Waals surface area contributed by atoms with Gasteiger partial charge in [0, 0.05) is 10.9 Å².